The normalized spacial score (nSPS) is 10.6. The first-order valence-corrected chi connectivity index (χ1v) is 9.82. The molecule has 25 heavy (non-hydrogen) atoms. The molecule has 0 fully saturated rings. The lowest BCUT2D eigenvalue weighted by Crippen LogP contribution is -2.16. The zero-order valence-electron chi connectivity index (χ0n) is 13.8. The van der Waals surface area contributed by atoms with Crippen LogP contribution in [0.3, 0.4) is 0 Å². The third-order valence-corrected chi connectivity index (χ3v) is 5.87. The average molecular weight is 463 g/mol. The number of carbonyl (C=O) groups is 1. The molecule has 0 radical (unpaired) electrons. The monoisotopic (exact) mass is 463 g/mol. The summed E-state index contributed by atoms with van der Waals surface area (Å²) >= 11 is 3.89. The summed E-state index contributed by atoms with van der Waals surface area (Å²) < 4.78 is 2.98. The molecule has 6 heteroatoms. The Labute approximate surface area is 165 Å². The quantitative estimate of drug-likeness (QED) is 0.525. The van der Waals surface area contributed by atoms with Crippen molar-refractivity contribution in [2.75, 3.05) is 5.32 Å². The van der Waals surface area contributed by atoms with Crippen LogP contribution >= 0.6 is 34.4 Å². The van der Waals surface area contributed by atoms with E-state index in [9.17, 15) is 4.79 Å². The van der Waals surface area contributed by atoms with Gasteiger partial charge in [0.15, 0.2) is 0 Å². The van der Waals surface area contributed by atoms with Crippen LogP contribution in [0.15, 0.2) is 70.6 Å². The predicted molar refractivity (Wildman–Crippen MR) is 110 cm³/mol. The standard InChI is InChI=1S/C19H18IN3OS/c1-14-16(20)13-21-23(14)12-11-19(24)22-17-9-5-6-10-18(17)25-15-7-3-2-4-8-15/h2-10,13H,11-12H2,1H3,(H,22,24). The Morgan fingerprint density at radius 3 is 2.60 bits per heavy atom. The van der Waals surface area contributed by atoms with Gasteiger partial charge >= 0.3 is 0 Å². The Hall–Kier alpha value is -1.80. The molecule has 0 saturated heterocycles. The van der Waals surface area contributed by atoms with Crippen LogP contribution in [-0.2, 0) is 11.3 Å². The van der Waals surface area contributed by atoms with Crippen LogP contribution in [0.5, 0.6) is 0 Å². The first-order valence-electron chi connectivity index (χ1n) is 7.93. The lowest BCUT2D eigenvalue weighted by atomic mass is 10.3. The molecule has 0 bridgehead atoms. The fourth-order valence-electron chi connectivity index (χ4n) is 2.34. The van der Waals surface area contributed by atoms with Gasteiger partial charge in [-0.3, -0.25) is 9.48 Å². The van der Waals surface area contributed by atoms with Gasteiger partial charge in [-0.05, 0) is 53.8 Å². The fraction of sp³-hybridized carbons (Fsp3) is 0.158. The molecule has 3 aromatic rings. The van der Waals surface area contributed by atoms with Crippen molar-refractivity contribution >= 4 is 45.9 Å². The van der Waals surface area contributed by atoms with Gasteiger partial charge in [-0.15, -0.1) is 0 Å². The van der Waals surface area contributed by atoms with E-state index in [2.05, 4.69) is 45.1 Å². The summed E-state index contributed by atoms with van der Waals surface area (Å²) in [6.07, 6.45) is 2.21. The molecule has 0 aliphatic carbocycles. The van der Waals surface area contributed by atoms with Gasteiger partial charge in [0.25, 0.3) is 0 Å². The van der Waals surface area contributed by atoms with Gasteiger partial charge in [-0.2, -0.15) is 5.10 Å². The minimum Gasteiger partial charge on any atom is -0.325 e. The summed E-state index contributed by atoms with van der Waals surface area (Å²) in [4.78, 5) is 14.5. The molecule has 1 heterocycles. The third kappa shape index (κ3) is 4.85. The second-order valence-electron chi connectivity index (χ2n) is 5.51. The molecule has 128 valence electrons. The van der Waals surface area contributed by atoms with Crippen LogP contribution in [-0.4, -0.2) is 15.7 Å². The van der Waals surface area contributed by atoms with Gasteiger partial charge < -0.3 is 5.32 Å². The van der Waals surface area contributed by atoms with Gasteiger partial charge in [0, 0.05) is 21.9 Å². The summed E-state index contributed by atoms with van der Waals surface area (Å²) in [5, 5.41) is 7.32. The number of nitrogens with zero attached hydrogens (tertiary/aromatic N) is 2. The van der Waals surface area contributed by atoms with E-state index in [4.69, 9.17) is 0 Å². The minimum absolute atomic E-state index is 0.00831. The number of aromatic nitrogens is 2. The van der Waals surface area contributed by atoms with Crippen LogP contribution < -0.4 is 5.32 Å². The molecular weight excluding hydrogens is 445 g/mol. The Kier molecular flexibility index (Phi) is 6.14. The third-order valence-electron chi connectivity index (χ3n) is 3.73. The highest BCUT2D eigenvalue weighted by atomic mass is 127. The Morgan fingerprint density at radius 1 is 1.16 bits per heavy atom. The number of anilines is 1. The summed E-state index contributed by atoms with van der Waals surface area (Å²) in [6.45, 7) is 2.59. The molecule has 0 spiro atoms. The number of nitrogens with one attached hydrogen (secondary N) is 1. The average Bonchev–Trinajstić information content (AvgIpc) is 2.94. The lowest BCUT2D eigenvalue weighted by Gasteiger charge is -2.11. The molecule has 1 amide bonds. The molecule has 0 atom stereocenters. The second-order valence-corrected chi connectivity index (χ2v) is 7.79. The Morgan fingerprint density at radius 2 is 1.88 bits per heavy atom. The number of rotatable bonds is 6. The molecule has 4 nitrogen and oxygen atoms in total. The van der Waals surface area contributed by atoms with Crippen molar-refractivity contribution in [1.29, 1.82) is 0 Å². The maximum Gasteiger partial charge on any atom is 0.226 e. The van der Waals surface area contributed by atoms with Crippen molar-refractivity contribution in [3.8, 4) is 0 Å². The van der Waals surface area contributed by atoms with Crippen LogP contribution in [0.4, 0.5) is 5.69 Å². The molecular formula is C19H18IN3OS. The van der Waals surface area contributed by atoms with E-state index < -0.39 is 0 Å². The lowest BCUT2D eigenvalue weighted by molar-refractivity contribution is -0.116. The largest absolute Gasteiger partial charge is 0.325 e. The number of carbonyl (C=O) groups excluding carboxylic acids is 1. The van der Waals surface area contributed by atoms with Crippen LogP contribution in [0.1, 0.15) is 12.1 Å². The number of para-hydroxylation sites is 1. The van der Waals surface area contributed by atoms with Crippen molar-refractivity contribution in [3.05, 3.63) is 70.1 Å². The van der Waals surface area contributed by atoms with Crippen molar-refractivity contribution in [3.63, 3.8) is 0 Å². The molecule has 1 aromatic heterocycles. The maximum absolute atomic E-state index is 12.3. The van der Waals surface area contributed by atoms with Gasteiger partial charge in [0.2, 0.25) is 5.91 Å². The molecule has 0 aliphatic rings. The molecule has 2 aromatic carbocycles. The van der Waals surface area contributed by atoms with E-state index >= 15 is 0 Å². The smallest absolute Gasteiger partial charge is 0.226 e. The molecule has 0 saturated carbocycles. The second kappa shape index (κ2) is 8.53. The van der Waals surface area contributed by atoms with E-state index in [-0.39, 0.29) is 5.91 Å². The highest BCUT2D eigenvalue weighted by molar-refractivity contribution is 14.1. The van der Waals surface area contributed by atoms with Crippen molar-refractivity contribution in [2.45, 2.75) is 29.7 Å². The summed E-state index contributed by atoms with van der Waals surface area (Å²) in [7, 11) is 0. The van der Waals surface area contributed by atoms with Crippen LogP contribution in [0, 0.1) is 10.5 Å². The van der Waals surface area contributed by atoms with Crippen molar-refractivity contribution in [1.82, 2.24) is 9.78 Å². The first-order chi connectivity index (χ1) is 12.1. The predicted octanol–water partition coefficient (Wildman–Crippen LogP) is 4.98. The van der Waals surface area contributed by atoms with Crippen LogP contribution in [0.2, 0.25) is 0 Å². The summed E-state index contributed by atoms with van der Waals surface area (Å²) in [6, 6.07) is 18.0. The van der Waals surface area contributed by atoms with E-state index in [0.717, 1.165) is 24.7 Å². The molecule has 0 aliphatic heterocycles. The molecule has 3 rings (SSSR count). The Balaban J connectivity index is 1.64. The van der Waals surface area contributed by atoms with Gasteiger partial charge in [0.05, 0.1) is 22.0 Å². The fourth-order valence-corrected chi connectivity index (χ4v) is 3.67. The minimum atomic E-state index is -0.00831. The summed E-state index contributed by atoms with van der Waals surface area (Å²) in [5.74, 6) is -0.00831. The molecule has 1 N–H and O–H groups in total. The van der Waals surface area contributed by atoms with E-state index in [0.29, 0.717) is 13.0 Å². The Bertz CT molecular complexity index is 864. The van der Waals surface area contributed by atoms with Crippen molar-refractivity contribution < 1.29 is 4.79 Å². The van der Waals surface area contributed by atoms with Gasteiger partial charge in [-0.1, -0.05) is 42.1 Å². The molecule has 0 unspecified atom stereocenters. The summed E-state index contributed by atoms with van der Waals surface area (Å²) in [5.41, 5.74) is 1.93. The number of amides is 1. The van der Waals surface area contributed by atoms with E-state index in [1.165, 1.54) is 0 Å². The van der Waals surface area contributed by atoms with Crippen LogP contribution in [0.25, 0.3) is 0 Å². The number of benzene rings is 2. The number of hydrogen-bond acceptors (Lipinski definition) is 3. The number of aryl methyl sites for hydroxylation is 1. The van der Waals surface area contributed by atoms with Crippen molar-refractivity contribution in [2.24, 2.45) is 0 Å². The van der Waals surface area contributed by atoms with E-state index in [1.807, 2.05) is 60.3 Å². The van der Waals surface area contributed by atoms with Gasteiger partial charge in [0.1, 0.15) is 0 Å². The highest BCUT2D eigenvalue weighted by Crippen LogP contribution is 2.33. The first kappa shape index (κ1) is 18.0. The highest BCUT2D eigenvalue weighted by Gasteiger charge is 2.10. The number of halogens is 1. The zero-order chi connectivity index (χ0) is 17.6. The zero-order valence-corrected chi connectivity index (χ0v) is 16.8. The topological polar surface area (TPSA) is 46.9 Å². The SMILES string of the molecule is Cc1c(I)cnn1CCC(=O)Nc1ccccc1Sc1ccccc1. The maximum atomic E-state index is 12.3. The van der Waals surface area contributed by atoms with E-state index in [1.54, 1.807) is 11.8 Å². The van der Waals surface area contributed by atoms with Gasteiger partial charge in [-0.25, -0.2) is 0 Å². The number of hydrogen-bond donors (Lipinski definition) is 1.